The van der Waals surface area contributed by atoms with E-state index in [1.807, 2.05) is 11.8 Å². The predicted octanol–water partition coefficient (Wildman–Crippen LogP) is 1.88. The number of sulfonamides is 1. The highest BCUT2D eigenvalue weighted by molar-refractivity contribution is 14.0. The summed E-state index contributed by atoms with van der Waals surface area (Å²) in [4.78, 5) is 6.67. The van der Waals surface area contributed by atoms with Crippen molar-refractivity contribution in [2.24, 2.45) is 4.99 Å². The zero-order valence-corrected chi connectivity index (χ0v) is 21.0. The lowest BCUT2D eigenvalue weighted by molar-refractivity contribution is 0.442. The molecule has 2 saturated heterocycles. The molecule has 11 heteroatoms. The summed E-state index contributed by atoms with van der Waals surface area (Å²) in [5, 5.41) is 10.1. The van der Waals surface area contributed by atoms with Gasteiger partial charge in [0.1, 0.15) is 0 Å². The minimum atomic E-state index is -3.18. The Morgan fingerprint density at radius 3 is 2.57 bits per heavy atom. The number of piperidine rings is 1. The van der Waals surface area contributed by atoms with Crippen molar-refractivity contribution < 1.29 is 8.42 Å². The number of aliphatic imine (C=N–C) groups is 1. The summed E-state index contributed by atoms with van der Waals surface area (Å²) in [5.41, 5.74) is 0. The number of halogens is 1. The highest BCUT2D eigenvalue weighted by atomic mass is 127. The van der Waals surface area contributed by atoms with Gasteiger partial charge in [0.05, 0.1) is 10.8 Å². The number of thiophene rings is 1. The topological polar surface area (TPSA) is 77.0 Å². The number of guanidine groups is 1. The van der Waals surface area contributed by atoms with Crippen molar-refractivity contribution in [1.29, 1.82) is 0 Å². The molecule has 7 nitrogen and oxygen atoms in total. The van der Waals surface area contributed by atoms with Crippen LogP contribution in [0.4, 0.5) is 5.00 Å². The molecule has 1 aromatic heterocycles. The van der Waals surface area contributed by atoms with Crippen molar-refractivity contribution in [3.8, 4) is 0 Å². The zero-order chi connectivity index (χ0) is 19.1. The molecule has 160 valence electrons. The Labute approximate surface area is 193 Å². The predicted molar refractivity (Wildman–Crippen MR) is 132 cm³/mol. The lowest BCUT2D eigenvalue weighted by Crippen LogP contribution is -2.50. The summed E-state index contributed by atoms with van der Waals surface area (Å²) in [6.07, 6.45) is 2.09. The molecule has 0 unspecified atom stereocenters. The van der Waals surface area contributed by atoms with E-state index < -0.39 is 10.0 Å². The first kappa shape index (κ1) is 24.0. The third-order valence-corrected chi connectivity index (χ3v) is 8.64. The second-order valence-electron chi connectivity index (χ2n) is 6.68. The van der Waals surface area contributed by atoms with Gasteiger partial charge >= 0.3 is 0 Å². The SMILES string of the molecule is CN=C(NCCS(=O)(=O)N1CCSCC1)NC1CCN(c2cccs2)CC1.I. The molecular formula is C17H30IN5O2S3. The molecule has 0 aromatic carbocycles. The van der Waals surface area contributed by atoms with Gasteiger partial charge in [-0.3, -0.25) is 4.99 Å². The van der Waals surface area contributed by atoms with Crippen LogP contribution in [0, 0.1) is 0 Å². The molecule has 0 saturated carbocycles. The standard InChI is InChI=1S/C17H29N5O2S3.HI/c1-18-17(19-6-14-27(23,24)22-9-12-25-13-10-22)20-15-4-7-21(8-5-15)16-3-2-11-26-16;/h2-3,11,15H,4-10,12-14H2,1H3,(H2,18,19,20);1H. The third kappa shape index (κ3) is 6.92. The van der Waals surface area contributed by atoms with E-state index in [0.29, 0.717) is 31.6 Å². The second-order valence-corrected chi connectivity index (χ2v) is 10.9. The largest absolute Gasteiger partial charge is 0.363 e. The minimum absolute atomic E-state index is 0. The van der Waals surface area contributed by atoms with Crippen molar-refractivity contribution in [1.82, 2.24) is 14.9 Å². The molecule has 1 aromatic rings. The Balaban J connectivity index is 0.00000280. The number of anilines is 1. The summed E-state index contributed by atoms with van der Waals surface area (Å²) in [6.45, 7) is 3.68. The van der Waals surface area contributed by atoms with Crippen LogP contribution in [-0.4, -0.2) is 81.8 Å². The van der Waals surface area contributed by atoms with Gasteiger partial charge in [0, 0.05) is 57.3 Å². The average molecular weight is 560 g/mol. The maximum absolute atomic E-state index is 12.4. The molecule has 3 heterocycles. The molecule has 2 aliphatic heterocycles. The van der Waals surface area contributed by atoms with Crippen molar-refractivity contribution in [3.05, 3.63) is 17.5 Å². The molecule has 3 rings (SSSR count). The van der Waals surface area contributed by atoms with Crippen LogP contribution in [0.5, 0.6) is 0 Å². The Morgan fingerprint density at radius 2 is 1.96 bits per heavy atom. The molecule has 0 bridgehead atoms. The fraction of sp³-hybridized carbons (Fsp3) is 0.706. The molecule has 0 amide bonds. The van der Waals surface area contributed by atoms with E-state index in [1.165, 1.54) is 5.00 Å². The van der Waals surface area contributed by atoms with Crippen molar-refractivity contribution in [3.63, 3.8) is 0 Å². The highest BCUT2D eigenvalue weighted by Crippen LogP contribution is 2.24. The van der Waals surface area contributed by atoms with E-state index in [9.17, 15) is 8.42 Å². The van der Waals surface area contributed by atoms with E-state index in [0.717, 1.165) is 37.4 Å². The Morgan fingerprint density at radius 1 is 1.25 bits per heavy atom. The first-order valence-electron chi connectivity index (χ1n) is 9.40. The molecule has 2 aliphatic rings. The van der Waals surface area contributed by atoms with Crippen molar-refractivity contribution in [2.75, 3.05) is 61.9 Å². The molecule has 2 N–H and O–H groups in total. The quantitative estimate of drug-likeness (QED) is 0.315. The van der Waals surface area contributed by atoms with Crippen LogP contribution in [-0.2, 0) is 10.0 Å². The molecule has 0 spiro atoms. The smallest absolute Gasteiger partial charge is 0.215 e. The van der Waals surface area contributed by atoms with Gasteiger partial charge in [0.2, 0.25) is 10.0 Å². The van der Waals surface area contributed by atoms with Gasteiger partial charge in [0.15, 0.2) is 5.96 Å². The normalized spacial score (nSPS) is 19.9. The first-order valence-corrected chi connectivity index (χ1v) is 13.0. The van der Waals surface area contributed by atoms with Gasteiger partial charge in [-0.05, 0) is 30.4 Å². The molecule has 0 radical (unpaired) electrons. The average Bonchev–Trinajstić information content (AvgIpc) is 3.23. The molecule has 28 heavy (non-hydrogen) atoms. The summed E-state index contributed by atoms with van der Waals surface area (Å²) in [6, 6.07) is 4.62. The van der Waals surface area contributed by atoms with Crippen LogP contribution in [0.15, 0.2) is 22.5 Å². The number of nitrogens with one attached hydrogen (secondary N) is 2. The van der Waals surface area contributed by atoms with Gasteiger partial charge in [-0.2, -0.15) is 11.8 Å². The monoisotopic (exact) mass is 559 g/mol. The summed E-state index contributed by atoms with van der Waals surface area (Å²) in [7, 11) is -1.45. The fourth-order valence-electron chi connectivity index (χ4n) is 3.33. The van der Waals surface area contributed by atoms with E-state index in [-0.39, 0.29) is 29.7 Å². The number of rotatable bonds is 6. The van der Waals surface area contributed by atoms with E-state index in [1.54, 1.807) is 22.7 Å². The fourth-order valence-corrected chi connectivity index (χ4v) is 6.61. The number of thioether (sulfide) groups is 1. The van der Waals surface area contributed by atoms with Crippen LogP contribution >= 0.6 is 47.1 Å². The second kappa shape index (κ2) is 11.8. The molecule has 0 atom stereocenters. The minimum Gasteiger partial charge on any atom is -0.363 e. The van der Waals surface area contributed by atoms with Crippen LogP contribution in [0.1, 0.15) is 12.8 Å². The van der Waals surface area contributed by atoms with Gasteiger partial charge in [-0.15, -0.1) is 35.3 Å². The van der Waals surface area contributed by atoms with Crippen LogP contribution in [0.25, 0.3) is 0 Å². The maximum atomic E-state index is 12.4. The van der Waals surface area contributed by atoms with Crippen molar-refractivity contribution in [2.45, 2.75) is 18.9 Å². The maximum Gasteiger partial charge on any atom is 0.215 e. The Bertz CT molecular complexity index is 700. The summed E-state index contributed by atoms with van der Waals surface area (Å²) >= 11 is 3.59. The lowest BCUT2D eigenvalue weighted by atomic mass is 10.1. The molecule has 0 aliphatic carbocycles. The molecule has 2 fully saturated rings. The number of hydrogen-bond donors (Lipinski definition) is 2. The van der Waals surface area contributed by atoms with Gasteiger partial charge < -0.3 is 15.5 Å². The third-order valence-electron chi connectivity index (χ3n) is 4.89. The first-order chi connectivity index (χ1) is 13.1. The lowest BCUT2D eigenvalue weighted by Gasteiger charge is -2.33. The van der Waals surface area contributed by atoms with E-state index in [4.69, 9.17) is 0 Å². The van der Waals surface area contributed by atoms with Gasteiger partial charge in [0.25, 0.3) is 0 Å². The Kier molecular flexibility index (Phi) is 10.1. The molecular weight excluding hydrogens is 529 g/mol. The summed E-state index contributed by atoms with van der Waals surface area (Å²) in [5.74, 6) is 2.57. The number of nitrogens with zero attached hydrogens (tertiary/aromatic N) is 3. The summed E-state index contributed by atoms with van der Waals surface area (Å²) < 4.78 is 26.4. The number of hydrogen-bond acceptors (Lipinski definition) is 6. The van der Waals surface area contributed by atoms with Crippen LogP contribution in [0.3, 0.4) is 0 Å². The zero-order valence-electron chi connectivity index (χ0n) is 16.2. The van der Waals surface area contributed by atoms with E-state index >= 15 is 0 Å². The highest BCUT2D eigenvalue weighted by Gasteiger charge is 2.24. The van der Waals surface area contributed by atoms with Crippen molar-refractivity contribution >= 4 is 68.1 Å². The van der Waals surface area contributed by atoms with Gasteiger partial charge in [-0.1, -0.05) is 0 Å². The van der Waals surface area contributed by atoms with Gasteiger partial charge in [-0.25, -0.2) is 12.7 Å². The van der Waals surface area contributed by atoms with Crippen LogP contribution in [0.2, 0.25) is 0 Å². The van der Waals surface area contributed by atoms with E-state index in [2.05, 4.69) is 38.0 Å². The Hall–Kier alpha value is -0.240. The van der Waals surface area contributed by atoms with Crippen LogP contribution < -0.4 is 15.5 Å².